The Morgan fingerprint density at radius 3 is 2.88 bits per heavy atom. The minimum atomic E-state index is 0.279. The molecule has 0 radical (unpaired) electrons. The predicted octanol–water partition coefficient (Wildman–Crippen LogP) is 1.40. The van der Waals surface area contributed by atoms with E-state index in [1.54, 1.807) is 0 Å². The fourth-order valence-electron chi connectivity index (χ4n) is 2.02. The zero-order valence-corrected chi connectivity index (χ0v) is 10.4. The number of nitrogens with one attached hydrogen (secondary N) is 1. The summed E-state index contributed by atoms with van der Waals surface area (Å²) in [6.07, 6.45) is 0.279. The average molecular weight is 235 g/mol. The van der Waals surface area contributed by atoms with E-state index in [-0.39, 0.29) is 6.10 Å². The molecule has 0 aromatic heterocycles. The molecule has 1 aromatic rings. The van der Waals surface area contributed by atoms with Crippen LogP contribution in [0.5, 0.6) is 0 Å². The summed E-state index contributed by atoms with van der Waals surface area (Å²) in [7, 11) is 0. The molecule has 1 unspecified atom stereocenters. The normalized spacial score (nSPS) is 21.4. The van der Waals surface area contributed by atoms with Crippen LogP contribution in [0, 0.1) is 0 Å². The van der Waals surface area contributed by atoms with Crippen LogP contribution in [0.1, 0.15) is 6.92 Å². The van der Waals surface area contributed by atoms with Crippen molar-refractivity contribution >= 4 is 11.4 Å². The van der Waals surface area contributed by atoms with Crippen LogP contribution < -0.4 is 11.1 Å². The topological polar surface area (TPSA) is 50.5 Å². The average Bonchev–Trinajstić information content (AvgIpc) is 2.38. The van der Waals surface area contributed by atoms with E-state index in [0.717, 1.165) is 44.2 Å². The van der Waals surface area contributed by atoms with Gasteiger partial charge in [0.1, 0.15) is 0 Å². The molecule has 1 aliphatic rings. The molecule has 3 N–H and O–H groups in total. The van der Waals surface area contributed by atoms with Crippen LogP contribution in [0.25, 0.3) is 0 Å². The van der Waals surface area contributed by atoms with Crippen molar-refractivity contribution in [2.24, 2.45) is 0 Å². The van der Waals surface area contributed by atoms with Crippen LogP contribution >= 0.6 is 0 Å². The van der Waals surface area contributed by atoms with E-state index in [0.29, 0.717) is 0 Å². The number of nitrogens with two attached hydrogens (primary N) is 1. The van der Waals surface area contributed by atoms with Gasteiger partial charge in [0.25, 0.3) is 0 Å². The minimum Gasteiger partial charge on any atom is -0.399 e. The van der Waals surface area contributed by atoms with Gasteiger partial charge in [0.05, 0.1) is 12.7 Å². The Kier molecular flexibility index (Phi) is 4.23. The first-order chi connectivity index (χ1) is 8.28. The van der Waals surface area contributed by atoms with E-state index in [1.807, 2.05) is 24.3 Å². The number of ether oxygens (including phenoxy) is 1. The lowest BCUT2D eigenvalue weighted by atomic mass is 10.2. The number of hydrogen-bond acceptors (Lipinski definition) is 4. The highest BCUT2D eigenvalue weighted by Crippen LogP contribution is 2.12. The third kappa shape index (κ3) is 3.61. The molecular weight excluding hydrogens is 214 g/mol. The number of nitrogen functional groups attached to an aromatic ring is 1. The fourth-order valence-corrected chi connectivity index (χ4v) is 2.02. The SMILES string of the molecule is CCN1CCOC(CNc2ccc(N)cc2)C1. The summed E-state index contributed by atoms with van der Waals surface area (Å²) in [5, 5.41) is 3.38. The van der Waals surface area contributed by atoms with Gasteiger partial charge in [0, 0.05) is 31.0 Å². The van der Waals surface area contributed by atoms with E-state index < -0.39 is 0 Å². The highest BCUT2D eigenvalue weighted by atomic mass is 16.5. The summed E-state index contributed by atoms with van der Waals surface area (Å²) in [5.74, 6) is 0. The standard InChI is InChI=1S/C13H21N3O/c1-2-16-7-8-17-13(10-16)9-15-12-5-3-11(14)4-6-12/h3-6,13,15H,2,7-10,14H2,1H3. The molecular formula is C13H21N3O. The van der Waals surface area contributed by atoms with E-state index in [9.17, 15) is 0 Å². The fraction of sp³-hybridized carbons (Fsp3) is 0.538. The van der Waals surface area contributed by atoms with Gasteiger partial charge in [-0.1, -0.05) is 6.92 Å². The first kappa shape index (κ1) is 12.2. The Balaban J connectivity index is 1.79. The number of anilines is 2. The molecule has 94 valence electrons. The second kappa shape index (κ2) is 5.89. The molecule has 4 heteroatoms. The van der Waals surface area contributed by atoms with Gasteiger partial charge in [-0.25, -0.2) is 0 Å². The van der Waals surface area contributed by atoms with Crippen molar-refractivity contribution in [1.29, 1.82) is 0 Å². The monoisotopic (exact) mass is 235 g/mol. The Bertz CT molecular complexity index is 339. The second-order valence-corrected chi connectivity index (χ2v) is 4.39. The first-order valence-electron chi connectivity index (χ1n) is 6.21. The summed E-state index contributed by atoms with van der Waals surface area (Å²) in [6, 6.07) is 7.80. The molecule has 1 aromatic carbocycles. The molecule has 1 fully saturated rings. The van der Waals surface area contributed by atoms with Crippen molar-refractivity contribution in [2.45, 2.75) is 13.0 Å². The van der Waals surface area contributed by atoms with Crippen LogP contribution in [0.15, 0.2) is 24.3 Å². The Hall–Kier alpha value is -1.26. The largest absolute Gasteiger partial charge is 0.399 e. The van der Waals surface area contributed by atoms with Gasteiger partial charge >= 0.3 is 0 Å². The highest BCUT2D eigenvalue weighted by molar-refractivity contribution is 5.51. The van der Waals surface area contributed by atoms with Gasteiger partial charge in [-0.05, 0) is 30.8 Å². The molecule has 1 aliphatic heterocycles. The van der Waals surface area contributed by atoms with E-state index in [2.05, 4.69) is 17.1 Å². The van der Waals surface area contributed by atoms with Gasteiger partial charge in [0.2, 0.25) is 0 Å². The number of hydrogen-bond donors (Lipinski definition) is 2. The molecule has 0 amide bonds. The summed E-state index contributed by atoms with van der Waals surface area (Å²) < 4.78 is 5.73. The third-order valence-electron chi connectivity index (χ3n) is 3.11. The number of rotatable bonds is 4. The molecule has 0 saturated carbocycles. The van der Waals surface area contributed by atoms with Crippen LogP contribution in [-0.2, 0) is 4.74 Å². The maximum absolute atomic E-state index is 5.73. The van der Waals surface area contributed by atoms with E-state index >= 15 is 0 Å². The van der Waals surface area contributed by atoms with Gasteiger partial charge in [-0.3, -0.25) is 4.90 Å². The number of benzene rings is 1. The lowest BCUT2D eigenvalue weighted by Gasteiger charge is -2.32. The molecule has 1 atom stereocenters. The lowest BCUT2D eigenvalue weighted by molar-refractivity contribution is -0.0191. The predicted molar refractivity (Wildman–Crippen MR) is 71.2 cm³/mol. The molecule has 2 rings (SSSR count). The first-order valence-corrected chi connectivity index (χ1v) is 6.21. The molecule has 4 nitrogen and oxygen atoms in total. The molecule has 1 saturated heterocycles. The molecule has 0 bridgehead atoms. The minimum absolute atomic E-state index is 0.279. The quantitative estimate of drug-likeness (QED) is 0.775. The Morgan fingerprint density at radius 2 is 2.18 bits per heavy atom. The van der Waals surface area contributed by atoms with Crippen LogP contribution in [0.3, 0.4) is 0 Å². The van der Waals surface area contributed by atoms with Gasteiger partial charge in [0.15, 0.2) is 0 Å². The van der Waals surface area contributed by atoms with Crippen molar-refractivity contribution in [3.8, 4) is 0 Å². The molecule has 1 heterocycles. The van der Waals surface area contributed by atoms with Gasteiger partial charge in [-0.2, -0.15) is 0 Å². The maximum Gasteiger partial charge on any atom is 0.0874 e. The van der Waals surface area contributed by atoms with Crippen LogP contribution in [-0.4, -0.2) is 43.8 Å². The maximum atomic E-state index is 5.73. The second-order valence-electron chi connectivity index (χ2n) is 4.39. The van der Waals surface area contributed by atoms with Crippen molar-refractivity contribution in [3.05, 3.63) is 24.3 Å². The van der Waals surface area contributed by atoms with E-state index in [1.165, 1.54) is 0 Å². The van der Waals surface area contributed by atoms with Crippen molar-refractivity contribution in [3.63, 3.8) is 0 Å². The number of morpholine rings is 1. The van der Waals surface area contributed by atoms with Crippen LogP contribution in [0.4, 0.5) is 11.4 Å². The molecule has 0 spiro atoms. The number of likely N-dealkylation sites (N-methyl/N-ethyl adjacent to an activating group) is 1. The lowest BCUT2D eigenvalue weighted by Crippen LogP contribution is -2.45. The molecule has 0 aliphatic carbocycles. The smallest absolute Gasteiger partial charge is 0.0874 e. The number of nitrogens with zero attached hydrogens (tertiary/aromatic N) is 1. The highest BCUT2D eigenvalue weighted by Gasteiger charge is 2.18. The van der Waals surface area contributed by atoms with Crippen molar-refractivity contribution in [1.82, 2.24) is 4.90 Å². The van der Waals surface area contributed by atoms with Gasteiger partial charge in [-0.15, -0.1) is 0 Å². The summed E-state index contributed by atoms with van der Waals surface area (Å²) in [5.41, 5.74) is 7.53. The van der Waals surface area contributed by atoms with Gasteiger partial charge < -0.3 is 15.8 Å². The van der Waals surface area contributed by atoms with Crippen molar-refractivity contribution < 1.29 is 4.74 Å². The molecule has 17 heavy (non-hydrogen) atoms. The third-order valence-corrected chi connectivity index (χ3v) is 3.11. The summed E-state index contributed by atoms with van der Waals surface area (Å²) in [6.45, 7) is 7.03. The zero-order valence-electron chi connectivity index (χ0n) is 10.4. The summed E-state index contributed by atoms with van der Waals surface area (Å²) >= 11 is 0. The summed E-state index contributed by atoms with van der Waals surface area (Å²) in [4.78, 5) is 2.42. The van der Waals surface area contributed by atoms with Crippen LogP contribution in [0.2, 0.25) is 0 Å². The zero-order chi connectivity index (χ0) is 12.1. The Labute approximate surface area is 103 Å². The van der Waals surface area contributed by atoms with E-state index in [4.69, 9.17) is 10.5 Å². The Morgan fingerprint density at radius 1 is 1.41 bits per heavy atom. The van der Waals surface area contributed by atoms with Crippen molar-refractivity contribution in [2.75, 3.05) is 43.8 Å².